The Morgan fingerprint density at radius 3 is 2.41 bits per heavy atom. The second-order valence-electron chi connectivity index (χ2n) is 3.10. The predicted molar refractivity (Wildman–Crippen MR) is 66.0 cm³/mol. The molecule has 0 atom stereocenters. The fourth-order valence-electron chi connectivity index (χ4n) is 0.973. The molecule has 0 saturated heterocycles. The first kappa shape index (κ1) is 13.4. The maximum absolute atomic E-state index is 11.2. The van der Waals surface area contributed by atoms with E-state index in [2.05, 4.69) is 30.9 Å². The quantitative estimate of drug-likeness (QED) is 0.402. The molecule has 0 fully saturated rings. The molecule has 90 valence electrons. The Morgan fingerprint density at radius 1 is 1.35 bits per heavy atom. The molecule has 0 aliphatic rings. The van der Waals surface area contributed by atoms with Gasteiger partial charge in [-0.25, -0.2) is 4.79 Å². The van der Waals surface area contributed by atoms with Crippen LogP contribution in [0.3, 0.4) is 0 Å². The number of ether oxygens (including phenoxy) is 1. The van der Waals surface area contributed by atoms with Gasteiger partial charge in [-0.2, -0.15) is 5.11 Å². The minimum Gasteiger partial charge on any atom is -0.510 e. The average molecular weight is 299 g/mol. The maximum atomic E-state index is 11.2. The van der Waals surface area contributed by atoms with E-state index in [1.165, 1.54) is 14.0 Å². The number of halogens is 1. The Morgan fingerprint density at radius 2 is 1.94 bits per heavy atom. The van der Waals surface area contributed by atoms with Gasteiger partial charge in [0.15, 0.2) is 0 Å². The minimum absolute atomic E-state index is 0.213. The molecular formula is C11H11BrN2O3. The summed E-state index contributed by atoms with van der Waals surface area (Å²) in [4.78, 5) is 11.2. The second-order valence-corrected chi connectivity index (χ2v) is 4.02. The molecule has 0 aromatic heterocycles. The molecule has 0 unspecified atom stereocenters. The molecule has 5 nitrogen and oxygen atoms in total. The number of hydrogen-bond acceptors (Lipinski definition) is 5. The third-order valence-corrected chi connectivity index (χ3v) is 2.34. The summed E-state index contributed by atoms with van der Waals surface area (Å²) in [6, 6.07) is 7.02. The van der Waals surface area contributed by atoms with Gasteiger partial charge in [-0.3, -0.25) is 0 Å². The Bertz CT molecular complexity index is 462. The van der Waals surface area contributed by atoms with Gasteiger partial charge in [-0.05, 0) is 31.2 Å². The number of azo groups is 1. The summed E-state index contributed by atoms with van der Waals surface area (Å²) in [7, 11) is 1.21. The topological polar surface area (TPSA) is 71.2 Å². The molecule has 1 rings (SSSR count). The van der Waals surface area contributed by atoms with Gasteiger partial charge in [0.05, 0.1) is 12.8 Å². The van der Waals surface area contributed by atoms with E-state index in [1.807, 2.05) is 0 Å². The summed E-state index contributed by atoms with van der Waals surface area (Å²) in [6.45, 7) is 1.34. The summed E-state index contributed by atoms with van der Waals surface area (Å²) in [5.41, 5.74) is 0.353. The number of methoxy groups -OCH3 is 1. The molecule has 1 aromatic rings. The number of hydrogen-bond donors (Lipinski definition) is 1. The lowest BCUT2D eigenvalue weighted by Gasteiger charge is -1.99. The molecule has 0 radical (unpaired) electrons. The number of carbonyl (C=O) groups is 1. The van der Waals surface area contributed by atoms with Gasteiger partial charge in [-0.1, -0.05) is 15.9 Å². The average Bonchev–Trinajstić information content (AvgIpc) is 2.31. The molecule has 1 N–H and O–H groups in total. The van der Waals surface area contributed by atoms with Gasteiger partial charge >= 0.3 is 5.97 Å². The highest BCUT2D eigenvalue weighted by Crippen LogP contribution is 2.18. The first-order valence-electron chi connectivity index (χ1n) is 4.70. The van der Waals surface area contributed by atoms with Gasteiger partial charge in [0.2, 0.25) is 5.70 Å². The van der Waals surface area contributed by atoms with Crippen LogP contribution in [-0.4, -0.2) is 18.2 Å². The van der Waals surface area contributed by atoms with E-state index in [0.717, 1.165) is 4.47 Å². The highest BCUT2D eigenvalue weighted by Gasteiger charge is 2.12. The Hall–Kier alpha value is -1.69. The molecule has 17 heavy (non-hydrogen) atoms. The van der Waals surface area contributed by atoms with Crippen molar-refractivity contribution in [3.63, 3.8) is 0 Å². The first-order valence-corrected chi connectivity index (χ1v) is 5.49. The van der Waals surface area contributed by atoms with Crippen LogP contribution in [0.5, 0.6) is 0 Å². The van der Waals surface area contributed by atoms with E-state index < -0.39 is 5.97 Å². The zero-order chi connectivity index (χ0) is 12.8. The van der Waals surface area contributed by atoms with Crippen molar-refractivity contribution >= 4 is 27.6 Å². The van der Waals surface area contributed by atoms with E-state index in [-0.39, 0.29) is 11.5 Å². The highest BCUT2D eigenvalue weighted by atomic mass is 79.9. The predicted octanol–water partition coefficient (Wildman–Crippen LogP) is 3.50. The van der Waals surface area contributed by atoms with Crippen molar-refractivity contribution < 1.29 is 14.6 Å². The largest absolute Gasteiger partial charge is 0.510 e. The maximum Gasteiger partial charge on any atom is 0.362 e. The fourth-order valence-corrected chi connectivity index (χ4v) is 1.24. The van der Waals surface area contributed by atoms with Gasteiger partial charge in [0.1, 0.15) is 5.76 Å². The van der Waals surface area contributed by atoms with Crippen LogP contribution in [0.25, 0.3) is 0 Å². The zero-order valence-corrected chi connectivity index (χ0v) is 10.9. The molecule has 0 heterocycles. The molecule has 0 amide bonds. The summed E-state index contributed by atoms with van der Waals surface area (Å²) in [5.74, 6) is -0.969. The van der Waals surface area contributed by atoms with Crippen molar-refractivity contribution in [3.05, 3.63) is 40.2 Å². The standard InChI is InChI=1S/C11H11BrN2O3/c1-7(15)10(11(16)17-2)14-13-9-5-3-8(12)4-6-9/h3-6,15H,1-2H3/b10-7+,14-13?. The van der Waals surface area contributed by atoms with Gasteiger partial charge < -0.3 is 9.84 Å². The van der Waals surface area contributed by atoms with E-state index in [9.17, 15) is 9.90 Å². The SMILES string of the molecule is COC(=O)/C(N=Nc1ccc(Br)cc1)=C(/C)O. The van der Waals surface area contributed by atoms with Crippen molar-refractivity contribution in [2.24, 2.45) is 10.2 Å². The fraction of sp³-hybridized carbons (Fsp3) is 0.182. The minimum atomic E-state index is -0.731. The van der Waals surface area contributed by atoms with Crippen LogP contribution in [-0.2, 0) is 9.53 Å². The van der Waals surface area contributed by atoms with E-state index in [1.54, 1.807) is 24.3 Å². The molecular weight excluding hydrogens is 288 g/mol. The van der Waals surface area contributed by atoms with Crippen LogP contribution in [0.1, 0.15) is 6.92 Å². The van der Waals surface area contributed by atoms with E-state index in [0.29, 0.717) is 5.69 Å². The van der Waals surface area contributed by atoms with Crippen molar-refractivity contribution in [2.45, 2.75) is 6.92 Å². The third kappa shape index (κ3) is 3.99. The number of aliphatic hydroxyl groups excluding tert-OH is 1. The lowest BCUT2D eigenvalue weighted by molar-refractivity contribution is -0.136. The summed E-state index contributed by atoms with van der Waals surface area (Å²) in [6.07, 6.45) is 0. The number of nitrogens with zero attached hydrogens (tertiary/aromatic N) is 2. The monoisotopic (exact) mass is 298 g/mol. The Labute approximate surface area is 107 Å². The van der Waals surface area contributed by atoms with Crippen LogP contribution in [0.4, 0.5) is 5.69 Å². The molecule has 0 bridgehead atoms. The molecule has 1 aromatic carbocycles. The molecule has 0 aliphatic heterocycles. The molecule has 0 spiro atoms. The first-order chi connectivity index (χ1) is 8.04. The number of benzene rings is 1. The normalized spacial score (nSPS) is 12.4. The van der Waals surface area contributed by atoms with Crippen molar-refractivity contribution in [1.29, 1.82) is 0 Å². The summed E-state index contributed by atoms with van der Waals surface area (Å²) < 4.78 is 5.38. The van der Waals surface area contributed by atoms with Crippen LogP contribution >= 0.6 is 15.9 Å². The number of esters is 1. The zero-order valence-electron chi connectivity index (χ0n) is 9.35. The van der Waals surface area contributed by atoms with Gasteiger partial charge in [0.25, 0.3) is 0 Å². The van der Waals surface area contributed by atoms with E-state index in [4.69, 9.17) is 0 Å². The van der Waals surface area contributed by atoms with Crippen molar-refractivity contribution in [2.75, 3.05) is 7.11 Å². The molecule has 0 aliphatic carbocycles. The number of allylic oxidation sites excluding steroid dienone is 1. The lowest BCUT2D eigenvalue weighted by Crippen LogP contribution is -2.04. The van der Waals surface area contributed by atoms with Crippen LogP contribution in [0, 0.1) is 0 Å². The lowest BCUT2D eigenvalue weighted by atomic mass is 10.3. The van der Waals surface area contributed by atoms with Crippen LogP contribution in [0.2, 0.25) is 0 Å². The van der Waals surface area contributed by atoms with Crippen LogP contribution < -0.4 is 0 Å². The number of carbonyl (C=O) groups excluding carboxylic acids is 1. The highest BCUT2D eigenvalue weighted by molar-refractivity contribution is 9.10. The van der Waals surface area contributed by atoms with Crippen molar-refractivity contribution in [3.8, 4) is 0 Å². The van der Waals surface area contributed by atoms with Crippen LogP contribution in [0.15, 0.2) is 50.4 Å². The third-order valence-electron chi connectivity index (χ3n) is 1.81. The summed E-state index contributed by atoms with van der Waals surface area (Å²) in [5, 5.41) is 16.7. The van der Waals surface area contributed by atoms with Crippen molar-refractivity contribution in [1.82, 2.24) is 0 Å². The van der Waals surface area contributed by atoms with Gasteiger partial charge in [-0.15, -0.1) is 5.11 Å². The summed E-state index contributed by atoms with van der Waals surface area (Å²) >= 11 is 3.29. The Balaban J connectivity index is 2.92. The smallest absolute Gasteiger partial charge is 0.362 e. The molecule has 0 saturated carbocycles. The van der Waals surface area contributed by atoms with Gasteiger partial charge in [0, 0.05) is 4.47 Å². The Kier molecular flexibility index (Phi) is 4.84. The molecule has 6 heteroatoms. The number of aliphatic hydroxyl groups is 1. The van der Waals surface area contributed by atoms with E-state index >= 15 is 0 Å². The second kappa shape index (κ2) is 6.15. The number of rotatable bonds is 3.